The zero-order chi connectivity index (χ0) is 15.3. The molecule has 108 valence electrons. The van der Waals surface area contributed by atoms with Crippen molar-refractivity contribution in [1.29, 1.82) is 0 Å². The molecule has 0 atom stereocenters. The summed E-state index contributed by atoms with van der Waals surface area (Å²) in [6.07, 6.45) is 0. The van der Waals surface area contributed by atoms with Crippen LogP contribution in [0.3, 0.4) is 0 Å². The molecule has 0 unspecified atom stereocenters. The van der Waals surface area contributed by atoms with Crippen molar-refractivity contribution in [2.45, 2.75) is 20.8 Å². The number of hydrogen-bond donors (Lipinski definition) is 0. The van der Waals surface area contributed by atoms with Gasteiger partial charge in [-0.3, -0.25) is 0 Å². The number of hydrogen-bond acceptors (Lipinski definition) is 0. The van der Waals surface area contributed by atoms with Crippen molar-refractivity contribution in [2.75, 3.05) is 0 Å². The third kappa shape index (κ3) is 1.77. The summed E-state index contributed by atoms with van der Waals surface area (Å²) in [5, 5.41) is 2.59. The molecule has 0 aliphatic rings. The Hall–Kier alpha value is -2.61. The van der Waals surface area contributed by atoms with Crippen LogP contribution in [0.15, 0.2) is 60.7 Å². The second-order valence-electron chi connectivity index (χ2n) is 5.97. The molecule has 4 aromatic rings. The van der Waals surface area contributed by atoms with E-state index in [2.05, 4.69) is 90.8 Å². The van der Waals surface area contributed by atoms with Gasteiger partial charge in [0, 0.05) is 36.8 Å². The van der Waals surface area contributed by atoms with Crippen molar-refractivity contribution in [3.05, 3.63) is 77.6 Å². The van der Waals surface area contributed by atoms with E-state index < -0.39 is 0 Å². The van der Waals surface area contributed by atoms with Gasteiger partial charge in [0.1, 0.15) is 11.0 Å². The molecule has 0 radical (unpaired) electrons. The molecule has 0 bridgehead atoms. The SMILES string of the molecule is Cc1cc(C)[n+](-n2c3ccccc3c3ccccc32)c(C)c1. The minimum atomic E-state index is 1.24. The van der Waals surface area contributed by atoms with E-state index in [9.17, 15) is 0 Å². The van der Waals surface area contributed by atoms with Crippen LogP contribution < -0.4 is 4.68 Å². The molecule has 2 aromatic heterocycles. The van der Waals surface area contributed by atoms with E-state index in [0.717, 1.165) is 0 Å². The summed E-state index contributed by atoms with van der Waals surface area (Å²) in [7, 11) is 0. The summed E-state index contributed by atoms with van der Waals surface area (Å²) in [6.45, 7) is 6.49. The summed E-state index contributed by atoms with van der Waals surface area (Å²) in [4.78, 5) is 0. The normalized spacial score (nSPS) is 11.4. The minimum Gasteiger partial charge on any atom is -0.114 e. The van der Waals surface area contributed by atoms with E-state index in [1.54, 1.807) is 0 Å². The van der Waals surface area contributed by atoms with Gasteiger partial charge in [-0.15, -0.1) is 4.68 Å². The van der Waals surface area contributed by atoms with Crippen LogP contribution in [0.25, 0.3) is 21.8 Å². The highest BCUT2D eigenvalue weighted by Crippen LogP contribution is 2.27. The second kappa shape index (κ2) is 4.70. The molecular weight excluding hydrogens is 268 g/mol. The number of nitrogens with zero attached hydrogens (tertiary/aromatic N) is 2. The largest absolute Gasteiger partial charge is 0.210 e. The van der Waals surface area contributed by atoms with Gasteiger partial charge >= 0.3 is 0 Å². The molecule has 2 aromatic carbocycles. The van der Waals surface area contributed by atoms with E-state index in [0.29, 0.717) is 0 Å². The zero-order valence-electron chi connectivity index (χ0n) is 13.2. The van der Waals surface area contributed by atoms with E-state index in [1.807, 2.05) is 0 Å². The Bertz CT molecular complexity index is 933. The third-order valence-corrected chi connectivity index (χ3v) is 4.30. The Morgan fingerprint density at radius 3 is 1.64 bits per heavy atom. The lowest BCUT2D eigenvalue weighted by atomic mass is 10.2. The minimum absolute atomic E-state index is 1.24. The van der Waals surface area contributed by atoms with Crippen LogP contribution in [0, 0.1) is 20.8 Å². The first-order valence-electron chi connectivity index (χ1n) is 7.65. The average Bonchev–Trinajstić information content (AvgIpc) is 2.82. The standard InChI is InChI=1S/C20H19N2/c1-14-12-15(2)21(16(3)13-14)22-19-10-6-4-8-17(19)18-9-5-7-11-20(18)22/h4-13H,1-3H3/q+1. The van der Waals surface area contributed by atoms with Crippen LogP contribution in [0.5, 0.6) is 0 Å². The molecule has 0 spiro atoms. The van der Waals surface area contributed by atoms with Crippen LogP contribution in [-0.4, -0.2) is 4.68 Å². The van der Waals surface area contributed by atoms with Crippen LogP contribution in [0.2, 0.25) is 0 Å². The first-order valence-corrected chi connectivity index (χ1v) is 7.65. The lowest BCUT2D eigenvalue weighted by Gasteiger charge is -2.07. The number of aryl methyl sites for hydroxylation is 3. The van der Waals surface area contributed by atoms with E-state index in [4.69, 9.17) is 0 Å². The van der Waals surface area contributed by atoms with Crippen molar-refractivity contribution in [3.8, 4) is 0 Å². The van der Waals surface area contributed by atoms with Crippen molar-refractivity contribution < 1.29 is 4.68 Å². The zero-order valence-corrected chi connectivity index (χ0v) is 13.2. The molecule has 4 rings (SSSR count). The van der Waals surface area contributed by atoms with Crippen molar-refractivity contribution in [3.63, 3.8) is 0 Å². The van der Waals surface area contributed by atoms with Gasteiger partial charge in [0.2, 0.25) is 11.4 Å². The summed E-state index contributed by atoms with van der Waals surface area (Å²) in [5.41, 5.74) is 6.26. The number of rotatable bonds is 1. The van der Waals surface area contributed by atoms with Crippen molar-refractivity contribution in [1.82, 2.24) is 4.68 Å². The van der Waals surface area contributed by atoms with Gasteiger partial charge in [0.05, 0.1) is 0 Å². The average molecular weight is 287 g/mol. The Kier molecular flexibility index (Phi) is 2.80. The monoisotopic (exact) mass is 287 g/mol. The van der Waals surface area contributed by atoms with Gasteiger partial charge in [-0.1, -0.05) is 41.1 Å². The molecule has 0 saturated carbocycles. The van der Waals surface area contributed by atoms with Crippen LogP contribution in [0.1, 0.15) is 17.0 Å². The van der Waals surface area contributed by atoms with Crippen LogP contribution in [0.4, 0.5) is 0 Å². The third-order valence-electron chi connectivity index (χ3n) is 4.30. The van der Waals surface area contributed by atoms with Crippen LogP contribution in [-0.2, 0) is 0 Å². The molecule has 0 aliphatic heterocycles. The quantitative estimate of drug-likeness (QED) is 0.461. The highest BCUT2D eigenvalue weighted by molar-refractivity contribution is 6.07. The molecule has 0 aliphatic carbocycles. The van der Waals surface area contributed by atoms with Crippen LogP contribution >= 0.6 is 0 Å². The lowest BCUT2D eigenvalue weighted by molar-refractivity contribution is -0.731. The maximum Gasteiger partial charge on any atom is 0.210 e. The number of fused-ring (bicyclic) bond motifs is 3. The molecule has 0 fully saturated rings. The van der Waals surface area contributed by atoms with Gasteiger partial charge in [0.15, 0.2) is 0 Å². The molecule has 0 amide bonds. The molecular formula is C20H19N2+. The summed E-state index contributed by atoms with van der Waals surface area (Å²) in [6, 6.07) is 21.7. The molecule has 22 heavy (non-hydrogen) atoms. The van der Waals surface area contributed by atoms with Gasteiger partial charge in [-0.25, -0.2) is 0 Å². The molecule has 2 heterocycles. The van der Waals surface area contributed by atoms with E-state index in [1.165, 1.54) is 38.8 Å². The van der Waals surface area contributed by atoms with Crippen molar-refractivity contribution in [2.24, 2.45) is 0 Å². The Balaban J connectivity index is 2.23. The Morgan fingerprint density at radius 2 is 1.14 bits per heavy atom. The fourth-order valence-electron chi connectivity index (χ4n) is 3.53. The summed E-state index contributed by atoms with van der Waals surface area (Å²) >= 11 is 0. The number of para-hydroxylation sites is 2. The lowest BCUT2D eigenvalue weighted by Crippen LogP contribution is -2.47. The van der Waals surface area contributed by atoms with Gasteiger partial charge in [-0.2, -0.15) is 0 Å². The smallest absolute Gasteiger partial charge is 0.114 e. The van der Waals surface area contributed by atoms with Gasteiger partial charge < -0.3 is 0 Å². The first kappa shape index (κ1) is 13.1. The maximum atomic E-state index is 2.33. The first-order chi connectivity index (χ1) is 10.7. The van der Waals surface area contributed by atoms with Gasteiger partial charge in [0.25, 0.3) is 0 Å². The fraction of sp³-hybridized carbons (Fsp3) is 0.150. The summed E-state index contributed by atoms with van der Waals surface area (Å²) < 4.78 is 4.63. The molecule has 2 heteroatoms. The van der Waals surface area contributed by atoms with Gasteiger partial charge in [-0.05, 0) is 24.6 Å². The highest BCUT2D eigenvalue weighted by atomic mass is 15.5. The fourth-order valence-corrected chi connectivity index (χ4v) is 3.53. The molecule has 2 nitrogen and oxygen atoms in total. The second-order valence-corrected chi connectivity index (χ2v) is 5.97. The highest BCUT2D eigenvalue weighted by Gasteiger charge is 2.20. The topological polar surface area (TPSA) is 8.81 Å². The predicted molar refractivity (Wildman–Crippen MR) is 91.1 cm³/mol. The maximum absolute atomic E-state index is 2.33. The Labute approximate surface area is 130 Å². The molecule has 0 N–H and O–H groups in total. The predicted octanol–water partition coefficient (Wildman–Crippen LogP) is 4.32. The van der Waals surface area contributed by atoms with E-state index in [-0.39, 0.29) is 0 Å². The molecule has 0 saturated heterocycles. The number of pyridine rings is 1. The number of aromatic nitrogens is 2. The van der Waals surface area contributed by atoms with E-state index >= 15 is 0 Å². The van der Waals surface area contributed by atoms with Crippen molar-refractivity contribution >= 4 is 21.8 Å². The summed E-state index contributed by atoms with van der Waals surface area (Å²) in [5.74, 6) is 0. The Morgan fingerprint density at radius 1 is 0.682 bits per heavy atom. The number of benzene rings is 2.